The van der Waals surface area contributed by atoms with Gasteiger partial charge in [-0.1, -0.05) is 54.1 Å². The number of rotatable bonds is 5. The Labute approximate surface area is 196 Å². The van der Waals surface area contributed by atoms with Crippen LogP contribution in [-0.4, -0.2) is 16.9 Å². The van der Waals surface area contributed by atoms with Crippen molar-refractivity contribution in [3.8, 4) is 5.75 Å². The fraction of sp³-hybridized carbons (Fsp3) is 0.185. The van der Waals surface area contributed by atoms with Crippen LogP contribution in [0.2, 0.25) is 5.02 Å². The Bertz CT molecular complexity index is 1390. The highest BCUT2D eigenvalue weighted by molar-refractivity contribution is 6.31. The third-order valence-electron chi connectivity index (χ3n) is 5.69. The molecule has 166 valence electrons. The number of carbonyl (C=O) groups is 1. The lowest BCUT2D eigenvalue weighted by Gasteiger charge is -2.25. The van der Waals surface area contributed by atoms with E-state index in [1.54, 1.807) is 23.1 Å². The number of carbonyl (C=O) groups excluding carboxylic acids is 1. The van der Waals surface area contributed by atoms with Crippen molar-refractivity contribution in [1.29, 1.82) is 0 Å². The summed E-state index contributed by atoms with van der Waals surface area (Å²) in [4.78, 5) is 28.8. The number of benzene rings is 3. The van der Waals surface area contributed by atoms with E-state index < -0.39 is 6.04 Å². The third-order valence-corrected chi connectivity index (χ3v) is 5.93. The van der Waals surface area contributed by atoms with E-state index in [9.17, 15) is 9.59 Å². The minimum Gasteiger partial charge on any atom is -0.491 e. The van der Waals surface area contributed by atoms with Crippen LogP contribution < -0.4 is 10.2 Å². The number of hydrogen-bond acceptors (Lipinski definition) is 4. The van der Waals surface area contributed by atoms with E-state index in [0.29, 0.717) is 28.1 Å². The molecular weight excluding hydrogens is 438 g/mol. The maximum Gasteiger partial charge on any atom is 0.291 e. The molecule has 0 radical (unpaired) electrons. The summed E-state index contributed by atoms with van der Waals surface area (Å²) in [5.74, 6) is 0.499. The van der Waals surface area contributed by atoms with Crippen LogP contribution in [0.3, 0.4) is 0 Å². The molecule has 0 saturated carbocycles. The van der Waals surface area contributed by atoms with Gasteiger partial charge in [0.15, 0.2) is 5.43 Å². The van der Waals surface area contributed by atoms with E-state index in [4.69, 9.17) is 20.8 Å². The van der Waals surface area contributed by atoms with Gasteiger partial charge in [-0.3, -0.25) is 9.59 Å². The molecule has 5 nitrogen and oxygen atoms in total. The van der Waals surface area contributed by atoms with Crippen molar-refractivity contribution in [3.05, 3.63) is 110 Å². The Hall–Kier alpha value is -3.57. The molecule has 6 heteroatoms. The van der Waals surface area contributed by atoms with Crippen LogP contribution in [0, 0.1) is 0 Å². The third kappa shape index (κ3) is 3.89. The second-order valence-corrected chi connectivity index (χ2v) is 8.81. The summed E-state index contributed by atoms with van der Waals surface area (Å²) in [6.07, 6.45) is 0.0439. The summed E-state index contributed by atoms with van der Waals surface area (Å²) < 4.78 is 11.7. The van der Waals surface area contributed by atoms with Gasteiger partial charge >= 0.3 is 0 Å². The smallest absolute Gasteiger partial charge is 0.291 e. The average Bonchev–Trinajstić information content (AvgIpc) is 3.07. The maximum atomic E-state index is 13.6. The van der Waals surface area contributed by atoms with Crippen molar-refractivity contribution >= 4 is 28.5 Å². The minimum atomic E-state index is -0.583. The first-order chi connectivity index (χ1) is 15.9. The predicted molar refractivity (Wildman–Crippen MR) is 128 cm³/mol. The Balaban J connectivity index is 1.67. The SMILES string of the molecule is CC(C)Oc1ccc(C2c3c(oc4ccc(Cl)cc4c3=O)C(=O)N2Cc2ccccc2)cc1. The molecule has 1 unspecified atom stereocenters. The van der Waals surface area contributed by atoms with Crippen molar-refractivity contribution in [2.45, 2.75) is 32.5 Å². The zero-order chi connectivity index (χ0) is 23.1. The second-order valence-electron chi connectivity index (χ2n) is 8.37. The summed E-state index contributed by atoms with van der Waals surface area (Å²) in [6.45, 7) is 4.26. The lowest BCUT2D eigenvalue weighted by molar-refractivity contribution is 0.0714. The van der Waals surface area contributed by atoms with Gasteiger partial charge in [0, 0.05) is 11.6 Å². The van der Waals surface area contributed by atoms with Crippen LogP contribution in [0.25, 0.3) is 11.0 Å². The Morgan fingerprint density at radius 2 is 1.73 bits per heavy atom. The van der Waals surface area contributed by atoms with Crippen LogP contribution in [0.1, 0.15) is 47.1 Å². The fourth-order valence-corrected chi connectivity index (χ4v) is 4.46. The van der Waals surface area contributed by atoms with E-state index in [1.165, 1.54) is 0 Å². The summed E-state index contributed by atoms with van der Waals surface area (Å²) in [6, 6.07) is 21.5. The normalized spacial score (nSPS) is 15.3. The predicted octanol–water partition coefficient (Wildman–Crippen LogP) is 5.98. The van der Waals surface area contributed by atoms with Crippen LogP contribution in [0.15, 0.2) is 82.0 Å². The zero-order valence-electron chi connectivity index (χ0n) is 18.2. The monoisotopic (exact) mass is 459 g/mol. The van der Waals surface area contributed by atoms with E-state index in [2.05, 4.69) is 0 Å². The van der Waals surface area contributed by atoms with Gasteiger partial charge in [-0.2, -0.15) is 0 Å². The molecule has 3 aromatic carbocycles. The highest BCUT2D eigenvalue weighted by Gasteiger charge is 2.42. The van der Waals surface area contributed by atoms with E-state index >= 15 is 0 Å². The Kier molecular flexibility index (Phi) is 5.43. The van der Waals surface area contributed by atoms with Crippen molar-refractivity contribution in [2.75, 3.05) is 0 Å². The quantitative estimate of drug-likeness (QED) is 0.368. The molecule has 2 heterocycles. The zero-order valence-corrected chi connectivity index (χ0v) is 19.0. The largest absolute Gasteiger partial charge is 0.491 e. The van der Waals surface area contributed by atoms with Crippen molar-refractivity contribution in [2.24, 2.45) is 0 Å². The van der Waals surface area contributed by atoms with Gasteiger partial charge in [-0.15, -0.1) is 0 Å². The first-order valence-electron chi connectivity index (χ1n) is 10.8. The number of halogens is 1. The number of fused-ring (bicyclic) bond motifs is 2. The molecule has 33 heavy (non-hydrogen) atoms. The Morgan fingerprint density at radius 1 is 1.00 bits per heavy atom. The molecular formula is C27H22ClNO4. The Morgan fingerprint density at radius 3 is 2.42 bits per heavy atom. The van der Waals surface area contributed by atoms with Gasteiger partial charge < -0.3 is 14.1 Å². The second kappa shape index (κ2) is 8.41. The highest BCUT2D eigenvalue weighted by Crippen LogP contribution is 2.39. The molecule has 1 amide bonds. The van der Waals surface area contributed by atoms with Gasteiger partial charge in [0.1, 0.15) is 11.3 Å². The lowest BCUT2D eigenvalue weighted by atomic mass is 9.98. The molecule has 1 aromatic heterocycles. The molecule has 0 fully saturated rings. The molecule has 0 aliphatic carbocycles. The number of ether oxygens (including phenoxy) is 1. The molecule has 0 bridgehead atoms. The molecule has 1 atom stereocenters. The molecule has 1 aliphatic heterocycles. The topological polar surface area (TPSA) is 59.8 Å². The van der Waals surface area contributed by atoms with Crippen molar-refractivity contribution in [1.82, 2.24) is 4.90 Å². The number of nitrogens with zero attached hydrogens (tertiary/aromatic N) is 1. The van der Waals surface area contributed by atoms with Crippen LogP contribution in [0.4, 0.5) is 0 Å². The van der Waals surface area contributed by atoms with Crippen LogP contribution in [0.5, 0.6) is 5.75 Å². The molecule has 5 rings (SSSR count). The first kappa shape index (κ1) is 21.3. The number of amides is 1. The molecule has 0 N–H and O–H groups in total. The summed E-state index contributed by atoms with van der Waals surface area (Å²) in [7, 11) is 0. The lowest BCUT2D eigenvalue weighted by Crippen LogP contribution is -2.29. The summed E-state index contributed by atoms with van der Waals surface area (Å²) in [5.41, 5.74) is 2.21. The van der Waals surface area contributed by atoms with Crippen molar-refractivity contribution in [3.63, 3.8) is 0 Å². The van der Waals surface area contributed by atoms with Crippen molar-refractivity contribution < 1.29 is 13.9 Å². The molecule has 0 saturated heterocycles. The van der Waals surface area contributed by atoms with Crippen LogP contribution >= 0.6 is 11.6 Å². The molecule has 1 aliphatic rings. The molecule has 4 aromatic rings. The fourth-order valence-electron chi connectivity index (χ4n) is 4.28. The standard InChI is InChI=1S/C27H22ClNO4/c1-16(2)32-20-11-8-18(9-12-20)24-23-25(30)21-14-19(28)10-13-22(21)33-26(23)27(31)29(24)15-17-6-4-3-5-7-17/h3-14,16,24H,15H2,1-2H3. The first-order valence-corrected chi connectivity index (χ1v) is 11.2. The van der Waals surface area contributed by atoms with Gasteiger partial charge in [-0.25, -0.2) is 0 Å². The maximum absolute atomic E-state index is 13.6. The highest BCUT2D eigenvalue weighted by atomic mass is 35.5. The van der Waals surface area contributed by atoms with Crippen LogP contribution in [-0.2, 0) is 6.54 Å². The summed E-state index contributed by atoms with van der Waals surface area (Å²) >= 11 is 6.15. The van der Waals surface area contributed by atoms with Gasteiger partial charge in [-0.05, 0) is 55.3 Å². The van der Waals surface area contributed by atoms with E-state index in [-0.39, 0.29) is 23.2 Å². The van der Waals surface area contributed by atoms with Gasteiger partial charge in [0.2, 0.25) is 5.76 Å². The minimum absolute atomic E-state index is 0.0439. The van der Waals surface area contributed by atoms with E-state index in [0.717, 1.165) is 16.9 Å². The average molecular weight is 460 g/mol. The number of hydrogen-bond donors (Lipinski definition) is 0. The van der Waals surface area contributed by atoms with Gasteiger partial charge in [0.25, 0.3) is 5.91 Å². The van der Waals surface area contributed by atoms with Gasteiger partial charge in [0.05, 0.1) is 23.1 Å². The van der Waals surface area contributed by atoms with E-state index in [1.807, 2.05) is 68.4 Å². The molecule has 0 spiro atoms. The summed E-state index contributed by atoms with van der Waals surface area (Å²) in [5, 5.41) is 0.798.